The van der Waals surface area contributed by atoms with E-state index in [1.54, 1.807) is 0 Å². The molecule has 0 aliphatic carbocycles. The Kier molecular flexibility index (Phi) is 71.0. The van der Waals surface area contributed by atoms with Crippen molar-refractivity contribution in [1.29, 1.82) is 0 Å². The van der Waals surface area contributed by atoms with E-state index in [-0.39, 0.29) is 0 Å². The lowest BCUT2D eigenvalue weighted by Gasteiger charge is -2.05. The van der Waals surface area contributed by atoms with E-state index in [1.165, 1.54) is 442 Å². The van der Waals surface area contributed by atoms with Gasteiger partial charge in [-0.2, -0.15) is 0 Å². The summed E-state index contributed by atoms with van der Waals surface area (Å²) in [4.78, 5) is 0. The van der Waals surface area contributed by atoms with Gasteiger partial charge in [-0.15, -0.1) is 0 Å². The van der Waals surface area contributed by atoms with Crippen LogP contribution in [0.4, 0.5) is 0 Å². The molecule has 0 rings (SSSR count). The highest BCUT2D eigenvalue weighted by Gasteiger charge is 2.01. The van der Waals surface area contributed by atoms with Crippen LogP contribution in [-0.4, -0.2) is 5.33 Å². The Morgan fingerprint density at radius 2 is 0.183 bits per heavy atom. The summed E-state index contributed by atoms with van der Waals surface area (Å²) in [6.45, 7) is 2.32. The standard InChI is InChI=1S/C70H141Br/c1-2-3-4-5-6-7-8-9-10-11-12-13-14-15-16-17-18-19-20-21-22-23-24-25-26-27-28-29-30-31-32-33-34-35-36-37-38-39-40-41-42-43-44-45-46-47-48-49-50-51-52-53-54-55-56-57-58-59-60-61-62-63-64-65-66-67-68-69-70-71/h2-70H2,1H3. The molecule has 0 fully saturated rings. The average Bonchev–Trinajstić information content (AvgIpc) is 3.38. The Labute approximate surface area is 462 Å². The second-order valence-corrected chi connectivity index (χ2v) is 25.2. The van der Waals surface area contributed by atoms with Gasteiger partial charge in [0.05, 0.1) is 0 Å². The van der Waals surface area contributed by atoms with Gasteiger partial charge in [0.15, 0.2) is 0 Å². The van der Waals surface area contributed by atoms with Crippen molar-refractivity contribution in [3.63, 3.8) is 0 Å². The normalized spacial score (nSPS) is 11.7. The topological polar surface area (TPSA) is 0 Å². The molecule has 0 bridgehead atoms. The van der Waals surface area contributed by atoms with Crippen LogP contribution in [0.5, 0.6) is 0 Å². The first-order valence-corrected chi connectivity index (χ1v) is 36.1. The summed E-state index contributed by atoms with van der Waals surface area (Å²) in [6, 6.07) is 0. The maximum Gasteiger partial charge on any atom is 0.00313 e. The summed E-state index contributed by atoms with van der Waals surface area (Å²) in [5.74, 6) is 0. The highest BCUT2D eigenvalue weighted by atomic mass is 79.9. The number of hydrogen-bond donors (Lipinski definition) is 0. The monoisotopic (exact) mass is 1060 g/mol. The third-order valence-electron chi connectivity index (χ3n) is 17.0. The van der Waals surface area contributed by atoms with Gasteiger partial charge in [0.1, 0.15) is 0 Å². The molecule has 0 aliphatic heterocycles. The first-order chi connectivity index (χ1) is 35.4. The molecule has 0 aliphatic rings. The van der Waals surface area contributed by atoms with Crippen molar-refractivity contribution >= 4 is 15.9 Å². The van der Waals surface area contributed by atoms with Gasteiger partial charge in [-0.1, -0.05) is 453 Å². The van der Waals surface area contributed by atoms with E-state index in [9.17, 15) is 0 Å². The lowest BCUT2D eigenvalue weighted by atomic mass is 10.0. The van der Waals surface area contributed by atoms with Gasteiger partial charge in [-0.05, 0) is 6.42 Å². The molecule has 0 N–H and O–H groups in total. The Bertz CT molecular complexity index is 783. The van der Waals surface area contributed by atoms with Crippen LogP contribution in [0.2, 0.25) is 0 Å². The predicted octanol–water partition coefficient (Wildman–Crippen LogP) is 27.9. The van der Waals surface area contributed by atoms with Crippen molar-refractivity contribution < 1.29 is 0 Å². The molecule has 0 saturated heterocycles. The van der Waals surface area contributed by atoms with E-state index in [4.69, 9.17) is 0 Å². The maximum atomic E-state index is 3.54. The van der Waals surface area contributed by atoms with Crippen molar-refractivity contribution in [2.45, 2.75) is 444 Å². The summed E-state index contributed by atoms with van der Waals surface area (Å²) in [6.07, 6.45) is 101. The summed E-state index contributed by atoms with van der Waals surface area (Å²) in [7, 11) is 0. The predicted molar refractivity (Wildman–Crippen MR) is 333 cm³/mol. The molecule has 71 heavy (non-hydrogen) atoms. The number of halogens is 1. The van der Waals surface area contributed by atoms with Gasteiger partial charge in [0.25, 0.3) is 0 Å². The molecule has 0 saturated carbocycles. The molecule has 0 aromatic carbocycles. The first kappa shape index (κ1) is 71.5. The van der Waals surface area contributed by atoms with Gasteiger partial charge in [-0.25, -0.2) is 0 Å². The van der Waals surface area contributed by atoms with Gasteiger partial charge in [-0.3, -0.25) is 0 Å². The van der Waals surface area contributed by atoms with E-state index < -0.39 is 0 Å². The number of rotatable bonds is 68. The molecule has 428 valence electrons. The molecule has 0 atom stereocenters. The van der Waals surface area contributed by atoms with Crippen molar-refractivity contribution in [2.75, 3.05) is 5.33 Å². The Morgan fingerprint density at radius 3 is 0.254 bits per heavy atom. The second-order valence-electron chi connectivity index (χ2n) is 24.4. The Morgan fingerprint density at radius 1 is 0.113 bits per heavy atom. The third-order valence-corrected chi connectivity index (χ3v) is 17.5. The summed E-state index contributed by atoms with van der Waals surface area (Å²) < 4.78 is 0. The maximum absolute atomic E-state index is 3.54. The zero-order chi connectivity index (χ0) is 50.8. The number of hydrogen-bond acceptors (Lipinski definition) is 0. The summed E-state index contributed by atoms with van der Waals surface area (Å²) in [5.41, 5.74) is 0. The lowest BCUT2D eigenvalue weighted by molar-refractivity contribution is 0.506. The van der Waals surface area contributed by atoms with E-state index in [2.05, 4.69) is 22.9 Å². The molecule has 0 unspecified atom stereocenters. The molecule has 0 spiro atoms. The van der Waals surface area contributed by atoms with E-state index >= 15 is 0 Å². The minimum atomic E-state index is 1.19. The molecular formula is C70H141Br. The summed E-state index contributed by atoms with van der Waals surface area (Å²) >= 11 is 3.54. The van der Waals surface area contributed by atoms with E-state index in [0.29, 0.717) is 0 Å². The molecule has 0 aromatic rings. The molecule has 0 amide bonds. The van der Waals surface area contributed by atoms with Crippen molar-refractivity contribution in [2.24, 2.45) is 0 Å². The van der Waals surface area contributed by atoms with Crippen LogP contribution in [0.3, 0.4) is 0 Å². The number of unbranched alkanes of at least 4 members (excludes halogenated alkanes) is 67. The van der Waals surface area contributed by atoms with Crippen LogP contribution in [-0.2, 0) is 0 Å². The largest absolute Gasteiger partial charge is 0.0928 e. The van der Waals surface area contributed by atoms with Crippen LogP contribution in [0.25, 0.3) is 0 Å². The second kappa shape index (κ2) is 70.5. The smallest absolute Gasteiger partial charge is 0.00313 e. The van der Waals surface area contributed by atoms with E-state index in [1.807, 2.05) is 0 Å². The Hall–Kier alpha value is 0.480. The zero-order valence-electron chi connectivity index (χ0n) is 50.2. The third kappa shape index (κ3) is 70.5. The van der Waals surface area contributed by atoms with Gasteiger partial charge in [0.2, 0.25) is 0 Å². The molecule has 0 nitrogen and oxygen atoms in total. The lowest BCUT2D eigenvalue weighted by Crippen LogP contribution is -1.85. The first-order valence-electron chi connectivity index (χ1n) is 35.0. The highest BCUT2D eigenvalue weighted by molar-refractivity contribution is 9.09. The highest BCUT2D eigenvalue weighted by Crippen LogP contribution is 2.21. The van der Waals surface area contributed by atoms with Gasteiger partial charge >= 0.3 is 0 Å². The van der Waals surface area contributed by atoms with Crippen LogP contribution in [0, 0.1) is 0 Å². The van der Waals surface area contributed by atoms with Crippen LogP contribution < -0.4 is 0 Å². The van der Waals surface area contributed by atoms with Crippen molar-refractivity contribution in [1.82, 2.24) is 0 Å². The fraction of sp³-hybridized carbons (Fsp3) is 1.00. The van der Waals surface area contributed by atoms with Gasteiger partial charge < -0.3 is 0 Å². The van der Waals surface area contributed by atoms with E-state index in [0.717, 1.165) is 0 Å². The summed E-state index contributed by atoms with van der Waals surface area (Å²) in [5, 5.41) is 1.19. The minimum absolute atomic E-state index is 1.19. The van der Waals surface area contributed by atoms with Crippen LogP contribution in [0.1, 0.15) is 444 Å². The van der Waals surface area contributed by atoms with Crippen LogP contribution in [0.15, 0.2) is 0 Å². The zero-order valence-corrected chi connectivity index (χ0v) is 51.8. The quantitative estimate of drug-likeness (QED) is 0.0421. The van der Waals surface area contributed by atoms with Crippen molar-refractivity contribution in [3.8, 4) is 0 Å². The Balaban J connectivity index is 3.07. The van der Waals surface area contributed by atoms with Crippen molar-refractivity contribution in [3.05, 3.63) is 0 Å². The molecule has 0 aromatic heterocycles. The van der Waals surface area contributed by atoms with Gasteiger partial charge in [0, 0.05) is 5.33 Å². The molecule has 1 heteroatoms. The average molecular weight is 1060 g/mol. The SMILES string of the molecule is CCCCCCCCCCCCCCCCCCCCCCCCCCCCCCCCCCCCCCCCCCCCCCCCCCCCCCCCCCCCCCCCCCCCCCBr. The number of alkyl halides is 1. The minimum Gasteiger partial charge on any atom is -0.0928 e. The fourth-order valence-corrected chi connectivity index (χ4v) is 12.2. The molecule has 0 heterocycles. The molecular weight excluding hydrogens is 921 g/mol. The van der Waals surface area contributed by atoms with Crippen LogP contribution >= 0.6 is 15.9 Å². The fourth-order valence-electron chi connectivity index (χ4n) is 11.8. The molecule has 0 radical (unpaired) electrons.